The van der Waals surface area contributed by atoms with Crippen LogP contribution in [0.1, 0.15) is 31.8 Å². The Morgan fingerprint density at radius 2 is 1.17 bits per heavy atom. The van der Waals surface area contributed by atoms with Crippen molar-refractivity contribution < 1.29 is 19.1 Å². The van der Waals surface area contributed by atoms with Gasteiger partial charge < -0.3 is 9.47 Å². The van der Waals surface area contributed by atoms with Gasteiger partial charge in [-0.05, 0) is 45.8 Å². The van der Waals surface area contributed by atoms with Crippen LogP contribution in [0.5, 0.6) is 0 Å². The first kappa shape index (κ1) is 19.2. The molecule has 0 aromatic heterocycles. The molecule has 0 radical (unpaired) electrons. The zero-order valence-electron chi connectivity index (χ0n) is 16.6. The molecule has 4 aromatic carbocycles. The highest BCUT2D eigenvalue weighted by Gasteiger charge is 2.13. The zero-order valence-corrected chi connectivity index (χ0v) is 16.6. The van der Waals surface area contributed by atoms with Gasteiger partial charge in [0.15, 0.2) is 0 Å². The van der Waals surface area contributed by atoms with E-state index in [1.807, 2.05) is 36.4 Å². The normalized spacial score (nSPS) is 10.3. The predicted molar refractivity (Wildman–Crippen MR) is 117 cm³/mol. The van der Waals surface area contributed by atoms with Crippen LogP contribution in [0.25, 0.3) is 21.5 Å². The minimum absolute atomic E-state index is 0.243. The summed E-state index contributed by atoms with van der Waals surface area (Å²) in [6.07, 6.45) is 0. The number of benzene rings is 4. The molecule has 0 fully saturated rings. The lowest BCUT2D eigenvalue weighted by molar-refractivity contribution is 0.0599. The van der Waals surface area contributed by atoms with Gasteiger partial charge in [0.25, 0.3) is 0 Å². The van der Waals surface area contributed by atoms with E-state index in [0.29, 0.717) is 5.56 Å². The summed E-state index contributed by atoms with van der Waals surface area (Å²) < 4.78 is 9.60. The third-order valence-corrected chi connectivity index (χ3v) is 4.88. The Bertz CT molecular complexity index is 1270. The molecule has 146 valence electrons. The summed E-state index contributed by atoms with van der Waals surface area (Å²) in [5.74, 6) is 5.30. The van der Waals surface area contributed by atoms with Gasteiger partial charge in [-0.2, -0.15) is 0 Å². The molecule has 0 atom stereocenters. The Balaban J connectivity index is 1.92. The lowest BCUT2D eigenvalue weighted by Gasteiger charge is -2.07. The number of carbonyl (C=O) groups excluding carboxylic acids is 2. The van der Waals surface area contributed by atoms with Crippen molar-refractivity contribution in [3.8, 4) is 11.8 Å². The summed E-state index contributed by atoms with van der Waals surface area (Å²) >= 11 is 0. The van der Waals surface area contributed by atoms with Crippen LogP contribution in [0.2, 0.25) is 0 Å². The fraction of sp³-hybridized carbons (Fsp3) is 0.0769. The molecule has 0 bridgehead atoms. The smallest absolute Gasteiger partial charge is 0.337 e. The van der Waals surface area contributed by atoms with E-state index in [0.717, 1.165) is 27.1 Å². The first-order valence-corrected chi connectivity index (χ1v) is 9.35. The van der Waals surface area contributed by atoms with Crippen LogP contribution in [-0.4, -0.2) is 26.2 Å². The number of fused-ring (bicyclic) bond motifs is 2. The molecule has 0 heterocycles. The monoisotopic (exact) mass is 394 g/mol. The molecule has 0 aliphatic rings. The van der Waals surface area contributed by atoms with Crippen LogP contribution in [0.15, 0.2) is 72.8 Å². The Morgan fingerprint density at radius 3 is 1.67 bits per heavy atom. The molecule has 0 spiro atoms. The van der Waals surface area contributed by atoms with Gasteiger partial charge >= 0.3 is 11.9 Å². The van der Waals surface area contributed by atoms with Crippen LogP contribution < -0.4 is 0 Å². The standard InChI is InChI=1S/C26H18O4/c1-29-25(27)20-13-17(14-21(16-20)26(28)30-2)11-12-24-22-9-5-3-7-18(22)15-19-8-4-6-10-23(19)24/h3-10,13-16H,1-2H3. The van der Waals surface area contributed by atoms with Gasteiger partial charge in [0.05, 0.1) is 25.3 Å². The van der Waals surface area contributed by atoms with Crippen molar-refractivity contribution in [3.05, 3.63) is 95.1 Å². The van der Waals surface area contributed by atoms with Crippen LogP contribution in [0.3, 0.4) is 0 Å². The third-order valence-electron chi connectivity index (χ3n) is 4.88. The summed E-state index contributed by atoms with van der Waals surface area (Å²) in [5.41, 5.74) is 1.90. The molecule has 0 amide bonds. The Kier molecular flexibility index (Phi) is 5.19. The predicted octanol–water partition coefficient (Wildman–Crippen LogP) is 4.97. The summed E-state index contributed by atoms with van der Waals surface area (Å²) in [6.45, 7) is 0. The van der Waals surface area contributed by atoms with Gasteiger partial charge in [-0.25, -0.2) is 9.59 Å². The fourth-order valence-electron chi connectivity index (χ4n) is 3.45. The molecular formula is C26H18O4. The summed E-state index contributed by atoms with van der Waals surface area (Å²) in [6, 6.07) is 22.9. The van der Waals surface area contributed by atoms with Crippen LogP contribution >= 0.6 is 0 Å². The number of hydrogen-bond donors (Lipinski definition) is 0. The summed E-state index contributed by atoms with van der Waals surface area (Å²) in [7, 11) is 2.58. The highest BCUT2D eigenvalue weighted by atomic mass is 16.5. The van der Waals surface area contributed by atoms with E-state index >= 15 is 0 Å². The number of methoxy groups -OCH3 is 2. The second-order valence-corrected chi connectivity index (χ2v) is 6.73. The summed E-state index contributed by atoms with van der Waals surface area (Å²) in [4.78, 5) is 24.1. The summed E-state index contributed by atoms with van der Waals surface area (Å²) in [5, 5.41) is 4.28. The van der Waals surface area contributed by atoms with E-state index in [9.17, 15) is 9.59 Å². The lowest BCUT2D eigenvalue weighted by atomic mass is 9.96. The second-order valence-electron chi connectivity index (χ2n) is 6.73. The van der Waals surface area contributed by atoms with Crippen molar-refractivity contribution in [2.45, 2.75) is 0 Å². The van der Waals surface area contributed by atoms with Crippen molar-refractivity contribution in [2.75, 3.05) is 14.2 Å². The van der Waals surface area contributed by atoms with Gasteiger partial charge in [-0.3, -0.25) is 0 Å². The minimum Gasteiger partial charge on any atom is -0.465 e. The van der Waals surface area contributed by atoms with E-state index in [2.05, 4.69) is 30.0 Å². The highest BCUT2D eigenvalue weighted by Crippen LogP contribution is 2.28. The van der Waals surface area contributed by atoms with E-state index < -0.39 is 11.9 Å². The second kappa shape index (κ2) is 8.10. The van der Waals surface area contributed by atoms with E-state index in [1.165, 1.54) is 20.3 Å². The average molecular weight is 394 g/mol. The van der Waals surface area contributed by atoms with E-state index in [4.69, 9.17) is 9.47 Å². The first-order valence-electron chi connectivity index (χ1n) is 9.35. The molecule has 0 N–H and O–H groups in total. The van der Waals surface area contributed by atoms with Gasteiger partial charge in [-0.15, -0.1) is 0 Å². The molecule has 0 aliphatic heterocycles. The van der Waals surface area contributed by atoms with Crippen molar-refractivity contribution in [1.29, 1.82) is 0 Å². The lowest BCUT2D eigenvalue weighted by Crippen LogP contribution is -2.07. The van der Waals surface area contributed by atoms with Crippen LogP contribution in [-0.2, 0) is 9.47 Å². The van der Waals surface area contributed by atoms with Crippen molar-refractivity contribution in [1.82, 2.24) is 0 Å². The molecule has 4 heteroatoms. The molecule has 4 nitrogen and oxygen atoms in total. The van der Waals surface area contributed by atoms with Gasteiger partial charge in [-0.1, -0.05) is 60.4 Å². The van der Waals surface area contributed by atoms with Crippen LogP contribution in [0, 0.1) is 11.8 Å². The number of esters is 2. The van der Waals surface area contributed by atoms with E-state index in [1.54, 1.807) is 12.1 Å². The number of hydrogen-bond acceptors (Lipinski definition) is 4. The molecule has 0 saturated heterocycles. The highest BCUT2D eigenvalue weighted by molar-refractivity contribution is 6.04. The molecule has 0 aliphatic carbocycles. The topological polar surface area (TPSA) is 52.6 Å². The third kappa shape index (κ3) is 3.61. The fourth-order valence-corrected chi connectivity index (χ4v) is 3.45. The largest absolute Gasteiger partial charge is 0.465 e. The maximum Gasteiger partial charge on any atom is 0.337 e. The Hall–Kier alpha value is -4.10. The van der Waals surface area contributed by atoms with Gasteiger partial charge in [0.2, 0.25) is 0 Å². The number of carbonyl (C=O) groups is 2. The molecule has 0 unspecified atom stereocenters. The molecule has 4 rings (SSSR count). The minimum atomic E-state index is -0.542. The quantitative estimate of drug-likeness (QED) is 0.274. The van der Waals surface area contributed by atoms with E-state index in [-0.39, 0.29) is 11.1 Å². The maximum atomic E-state index is 12.0. The number of rotatable bonds is 2. The Morgan fingerprint density at radius 1 is 0.667 bits per heavy atom. The SMILES string of the molecule is COC(=O)c1cc(C#Cc2c3ccccc3cc3ccccc23)cc(C(=O)OC)c1. The molecule has 4 aromatic rings. The molecule has 30 heavy (non-hydrogen) atoms. The zero-order chi connectivity index (χ0) is 21.1. The van der Waals surface area contributed by atoms with Gasteiger partial charge in [0.1, 0.15) is 0 Å². The Labute approximate surface area is 174 Å². The first-order chi connectivity index (χ1) is 14.6. The maximum absolute atomic E-state index is 12.0. The van der Waals surface area contributed by atoms with Crippen molar-refractivity contribution in [2.24, 2.45) is 0 Å². The average Bonchev–Trinajstić information content (AvgIpc) is 2.80. The van der Waals surface area contributed by atoms with Crippen molar-refractivity contribution >= 4 is 33.5 Å². The molecule has 0 saturated carbocycles. The van der Waals surface area contributed by atoms with Crippen LogP contribution in [0.4, 0.5) is 0 Å². The molecular weight excluding hydrogens is 376 g/mol. The number of ether oxygens (including phenoxy) is 2. The van der Waals surface area contributed by atoms with Crippen molar-refractivity contribution in [3.63, 3.8) is 0 Å². The van der Waals surface area contributed by atoms with Gasteiger partial charge in [0, 0.05) is 11.1 Å².